The van der Waals surface area contributed by atoms with Crippen LogP contribution in [0.2, 0.25) is 0 Å². The fourth-order valence-corrected chi connectivity index (χ4v) is 2.41. The predicted molar refractivity (Wildman–Crippen MR) is 48.6 cm³/mol. The first-order valence-electron chi connectivity index (χ1n) is 4.28. The zero-order valence-electron chi connectivity index (χ0n) is 7.97. The lowest BCUT2D eigenvalue weighted by Crippen LogP contribution is -2.14. The summed E-state index contributed by atoms with van der Waals surface area (Å²) in [6.07, 6.45) is -0.00270. The van der Waals surface area contributed by atoms with E-state index in [1.807, 2.05) is 0 Å². The monoisotopic (exact) mass is 212 g/mol. The first-order valence-corrected chi connectivity index (χ1v) is 5.89. The van der Waals surface area contributed by atoms with E-state index in [4.69, 9.17) is 14.2 Å². The van der Waals surface area contributed by atoms with Crippen LogP contribution in [-0.2, 0) is 13.6 Å². The highest BCUT2D eigenvalue weighted by molar-refractivity contribution is 7.54. The zero-order valence-corrected chi connectivity index (χ0v) is 8.87. The van der Waals surface area contributed by atoms with Gasteiger partial charge < -0.3 is 19.3 Å². The SMILES string of the molecule is CCOP(=O)(OCC)C(O)CCO. The molecule has 0 aliphatic carbocycles. The topological polar surface area (TPSA) is 76.0 Å². The summed E-state index contributed by atoms with van der Waals surface area (Å²) >= 11 is 0. The Morgan fingerprint density at radius 3 is 2.08 bits per heavy atom. The molecule has 0 bridgehead atoms. The van der Waals surface area contributed by atoms with E-state index >= 15 is 0 Å². The molecule has 0 saturated carbocycles. The molecule has 0 rings (SSSR count). The van der Waals surface area contributed by atoms with Crippen LogP contribution in [0.15, 0.2) is 0 Å². The van der Waals surface area contributed by atoms with E-state index in [9.17, 15) is 9.67 Å². The second-order valence-electron chi connectivity index (χ2n) is 2.37. The molecule has 13 heavy (non-hydrogen) atoms. The molecular formula is C7H17O5P. The quantitative estimate of drug-likeness (QED) is 0.614. The highest BCUT2D eigenvalue weighted by Crippen LogP contribution is 2.52. The Hall–Kier alpha value is 0.0700. The van der Waals surface area contributed by atoms with E-state index in [-0.39, 0.29) is 26.2 Å². The van der Waals surface area contributed by atoms with Gasteiger partial charge >= 0.3 is 7.60 Å². The zero-order chi connectivity index (χ0) is 10.3. The van der Waals surface area contributed by atoms with Gasteiger partial charge in [-0.1, -0.05) is 0 Å². The third-order valence-electron chi connectivity index (χ3n) is 1.37. The van der Waals surface area contributed by atoms with Crippen molar-refractivity contribution in [3.63, 3.8) is 0 Å². The summed E-state index contributed by atoms with van der Waals surface area (Å²) in [4.78, 5) is 0. The molecule has 0 aromatic rings. The number of hydrogen-bond donors (Lipinski definition) is 2. The number of aliphatic hydroxyl groups excluding tert-OH is 2. The molecule has 2 N–H and O–H groups in total. The lowest BCUT2D eigenvalue weighted by molar-refractivity contribution is 0.128. The van der Waals surface area contributed by atoms with Gasteiger partial charge in [-0.25, -0.2) is 0 Å². The van der Waals surface area contributed by atoms with Gasteiger partial charge in [0, 0.05) is 13.0 Å². The summed E-state index contributed by atoms with van der Waals surface area (Å²) in [5, 5.41) is 17.9. The first kappa shape index (κ1) is 13.1. The smallest absolute Gasteiger partial charge is 0.358 e. The number of rotatable bonds is 7. The molecule has 0 spiro atoms. The minimum atomic E-state index is -3.43. The summed E-state index contributed by atoms with van der Waals surface area (Å²) in [6, 6.07) is 0. The van der Waals surface area contributed by atoms with Crippen molar-refractivity contribution in [3.05, 3.63) is 0 Å². The fraction of sp³-hybridized carbons (Fsp3) is 1.00. The standard InChI is InChI=1S/C7H17O5P/c1-3-11-13(10,12-4-2)7(9)5-6-8/h7-9H,3-6H2,1-2H3. The van der Waals surface area contributed by atoms with Gasteiger partial charge in [0.2, 0.25) is 0 Å². The highest BCUT2D eigenvalue weighted by Gasteiger charge is 2.33. The maximum atomic E-state index is 11.7. The molecule has 0 saturated heterocycles. The van der Waals surface area contributed by atoms with Gasteiger partial charge in [0.05, 0.1) is 13.2 Å². The van der Waals surface area contributed by atoms with Crippen LogP contribution in [0.3, 0.4) is 0 Å². The van der Waals surface area contributed by atoms with Crippen LogP contribution >= 0.6 is 7.60 Å². The summed E-state index contributed by atoms with van der Waals surface area (Å²) in [5.74, 6) is -1.24. The lowest BCUT2D eigenvalue weighted by atomic mass is 10.5. The molecule has 0 aliphatic rings. The molecule has 1 unspecified atom stereocenters. The van der Waals surface area contributed by atoms with Crippen molar-refractivity contribution in [1.29, 1.82) is 0 Å². The predicted octanol–water partition coefficient (Wildman–Crippen LogP) is 0.953. The van der Waals surface area contributed by atoms with Crippen LogP contribution in [0.25, 0.3) is 0 Å². The van der Waals surface area contributed by atoms with E-state index in [1.54, 1.807) is 13.8 Å². The molecule has 0 amide bonds. The van der Waals surface area contributed by atoms with E-state index in [0.29, 0.717) is 0 Å². The van der Waals surface area contributed by atoms with E-state index in [0.717, 1.165) is 0 Å². The van der Waals surface area contributed by atoms with Gasteiger partial charge in [0.1, 0.15) is 0 Å². The van der Waals surface area contributed by atoms with E-state index in [2.05, 4.69) is 0 Å². The van der Waals surface area contributed by atoms with Crippen molar-refractivity contribution in [1.82, 2.24) is 0 Å². The number of hydrogen-bond acceptors (Lipinski definition) is 5. The van der Waals surface area contributed by atoms with Gasteiger partial charge in [-0.05, 0) is 13.8 Å². The average molecular weight is 212 g/mol. The Morgan fingerprint density at radius 2 is 1.77 bits per heavy atom. The Morgan fingerprint density at radius 1 is 1.31 bits per heavy atom. The van der Waals surface area contributed by atoms with Gasteiger partial charge in [-0.15, -0.1) is 0 Å². The van der Waals surface area contributed by atoms with Crippen molar-refractivity contribution >= 4 is 7.60 Å². The first-order chi connectivity index (χ1) is 6.10. The summed E-state index contributed by atoms with van der Waals surface area (Å²) < 4.78 is 21.4. The van der Waals surface area contributed by atoms with Crippen molar-refractivity contribution in [2.45, 2.75) is 26.1 Å². The largest absolute Gasteiger partial charge is 0.396 e. The van der Waals surface area contributed by atoms with Crippen LogP contribution in [0.1, 0.15) is 20.3 Å². The minimum Gasteiger partial charge on any atom is -0.396 e. The van der Waals surface area contributed by atoms with E-state index in [1.165, 1.54) is 0 Å². The number of aliphatic hydroxyl groups is 2. The van der Waals surface area contributed by atoms with Crippen molar-refractivity contribution in [2.24, 2.45) is 0 Å². The molecule has 0 radical (unpaired) electrons. The molecule has 80 valence electrons. The van der Waals surface area contributed by atoms with Crippen LogP contribution in [0.4, 0.5) is 0 Å². The maximum Gasteiger partial charge on any atom is 0.358 e. The third-order valence-corrected chi connectivity index (χ3v) is 3.59. The minimum absolute atomic E-state index is 0.00270. The summed E-state index contributed by atoms with van der Waals surface area (Å²) in [6.45, 7) is 3.50. The highest BCUT2D eigenvalue weighted by atomic mass is 31.2. The maximum absolute atomic E-state index is 11.7. The van der Waals surface area contributed by atoms with Gasteiger partial charge in [-0.2, -0.15) is 0 Å². The van der Waals surface area contributed by atoms with Crippen LogP contribution in [0.5, 0.6) is 0 Å². The Balaban J connectivity index is 4.28. The molecule has 6 heteroatoms. The van der Waals surface area contributed by atoms with E-state index < -0.39 is 13.4 Å². The van der Waals surface area contributed by atoms with Gasteiger partial charge in [0.15, 0.2) is 5.85 Å². The van der Waals surface area contributed by atoms with Crippen LogP contribution in [0, 0.1) is 0 Å². The van der Waals surface area contributed by atoms with Crippen LogP contribution < -0.4 is 0 Å². The average Bonchev–Trinajstić information content (AvgIpc) is 2.05. The summed E-state index contributed by atoms with van der Waals surface area (Å²) in [7, 11) is -3.43. The summed E-state index contributed by atoms with van der Waals surface area (Å²) in [5.41, 5.74) is 0. The molecular weight excluding hydrogens is 195 g/mol. The molecule has 0 aliphatic heterocycles. The second-order valence-corrected chi connectivity index (χ2v) is 4.56. The molecule has 5 nitrogen and oxygen atoms in total. The van der Waals surface area contributed by atoms with Gasteiger partial charge in [-0.3, -0.25) is 4.57 Å². The molecule has 0 aromatic carbocycles. The Kier molecular flexibility index (Phi) is 6.55. The normalized spacial score (nSPS) is 14.5. The van der Waals surface area contributed by atoms with Gasteiger partial charge in [0.25, 0.3) is 0 Å². The second kappa shape index (κ2) is 6.51. The Bertz CT molecular complexity index is 162. The fourth-order valence-electron chi connectivity index (χ4n) is 0.843. The molecule has 1 atom stereocenters. The third kappa shape index (κ3) is 4.20. The molecule has 0 heterocycles. The molecule has 0 aromatic heterocycles. The van der Waals surface area contributed by atoms with Crippen molar-refractivity contribution in [2.75, 3.05) is 19.8 Å². The Labute approximate surface area is 78.2 Å². The van der Waals surface area contributed by atoms with Crippen molar-refractivity contribution in [3.8, 4) is 0 Å². The lowest BCUT2D eigenvalue weighted by Gasteiger charge is -2.21. The van der Waals surface area contributed by atoms with Crippen LogP contribution in [-0.4, -0.2) is 35.9 Å². The molecule has 0 fully saturated rings. The van der Waals surface area contributed by atoms with Crippen molar-refractivity contribution < 1.29 is 23.8 Å².